The van der Waals surface area contributed by atoms with Crippen LogP contribution in [0.15, 0.2) is 59.3 Å². The lowest BCUT2D eigenvalue weighted by molar-refractivity contribution is 0.0513. The van der Waals surface area contributed by atoms with Crippen molar-refractivity contribution in [2.24, 2.45) is 0 Å². The topological polar surface area (TPSA) is 62.5 Å². The van der Waals surface area contributed by atoms with Crippen molar-refractivity contribution in [3.63, 3.8) is 0 Å². The number of ether oxygens (including phenoxy) is 2. The SMILES string of the molecule is CCOC(=O)c1c(C(C)(C)C)c(Br)n(-c2ccc(F)cc2)c1CBr.CCOC(=O)c1c(C(C)(C)C)cn(-c2ccc(F)cc2)c1C. The minimum Gasteiger partial charge on any atom is -0.462 e. The van der Waals surface area contributed by atoms with Crippen molar-refractivity contribution >= 4 is 43.8 Å². The molecule has 0 spiro atoms. The minimum atomic E-state index is -0.349. The van der Waals surface area contributed by atoms with Crippen molar-refractivity contribution in [1.29, 1.82) is 0 Å². The quantitative estimate of drug-likeness (QED) is 0.139. The summed E-state index contributed by atoms with van der Waals surface area (Å²) in [7, 11) is 0. The lowest BCUT2D eigenvalue weighted by Gasteiger charge is -2.20. The maximum Gasteiger partial charge on any atom is 0.340 e. The first-order valence-corrected chi connectivity index (χ1v) is 17.0. The molecule has 10 heteroatoms. The van der Waals surface area contributed by atoms with E-state index in [9.17, 15) is 18.4 Å². The van der Waals surface area contributed by atoms with E-state index in [0.717, 1.165) is 38.5 Å². The Morgan fingerprint density at radius 1 is 0.761 bits per heavy atom. The normalized spacial score (nSPS) is 11.6. The average Bonchev–Trinajstić information content (AvgIpc) is 3.49. The molecule has 0 radical (unpaired) electrons. The number of carbonyl (C=O) groups excluding carboxylic acids is 2. The van der Waals surface area contributed by atoms with Crippen LogP contribution in [0.4, 0.5) is 8.78 Å². The molecular weight excluding hydrogens is 722 g/mol. The van der Waals surface area contributed by atoms with E-state index in [1.54, 1.807) is 38.1 Å². The molecule has 0 bridgehead atoms. The predicted molar refractivity (Wildman–Crippen MR) is 186 cm³/mol. The Balaban J connectivity index is 0.000000251. The third-order valence-electron chi connectivity index (χ3n) is 7.30. The minimum absolute atomic E-state index is 0.196. The zero-order valence-electron chi connectivity index (χ0n) is 27.9. The largest absolute Gasteiger partial charge is 0.462 e. The Hall–Kier alpha value is -3.24. The summed E-state index contributed by atoms with van der Waals surface area (Å²) in [6, 6.07) is 12.4. The van der Waals surface area contributed by atoms with Gasteiger partial charge in [-0.2, -0.15) is 0 Å². The first-order chi connectivity index (χ1) is 21.5. The molecule has 2 aromatic carbocycles. The first kappa shape index (κ1) is 37.2. The van der Waals surface area contributed by atoms with E-state index in [-0.39, 0.29) is 34.4 Å². The van der Waals surface area contributed by atoms with Gasteiger partial charge in [-0.05, 0) is 102 Å². The summed E-state index contributed by atoms with van der Waals surface area (Å²) in [5.41, 5.74) is 5.65. The molecule has 248 valence electrons. The summed E-state index contributed by atoms with van der Waals surface area (Å²) in [4.78, 5) is 24.9. The summed E-state index contributed by atoms with van der Waals surface area (Å²) in [6.45, 7) is 18.4. The fourth-order valence-electron chi connectivity index (χ4n) is 5.19. The van der Waals surface area contributed by atoms with Gasteiger partial charge in [0.15, 0.2) is 0 Å². The van der Waals surface area contributed by atoms with Gasteiger partial charge in [-0.3, -0.25) is 0 Å². The van der Waals surface area contributed by atoms with Gasteiger partial charge in [-0.15, -0.1) is 0 Å². The number of nitrogens with zero attached hydrogens (tertiary/aromatic N) is 2. The van der Waals surface area contributed by atoms with Crippen LogP contribution in [0.1, 0.15) is 98.6 Å². The summed E-state index contributed by atoms with van der Waals surface area (Å²) < 4.78 is 41.5. The highest BCUT2D eigenvalue weighted by Gasteiger charge is 2.33. The number of hydrogen-bond acceptors (Lipinski definition) is 4. The van der Waals surface area contributed by atoms with E-state index >= 15 is 0 Å². The maximum atomic E-state index is 13.3. The van der Waals surface area contributed by atoms with Gasteiger partial charge in [-0.1, -0.05) is 57.5 Å². The summed E-state index contributed by atoms with van der Waals surface area (Å²) >= 11 is 7.13. The molecule has 0 aliphatic heterocycles. The number of alkyl halides is 1. The molecule has 0 atom stereocenters. The molecule has 6 nitrogen and oxygen atoms in total. The van der Waals surface area contributed by atoms with E-state index in [4.69, 9.17) is 9.47 Å². The van der Waals surface area contributed by atoms with E-state index in [2.05, 4.69) is 52.6 Å². The van der Waals surface area contributed by atoms with Crippen LogP contribution in [-0.4, -0.2) is 34.3 Å². The van der Waals surface area contributed by atoms with Crippen LogP contribution in [0, 0.1) is 18.6 Å². The zero-order chi connectivity index (χ0) is 34.6. The molecule has 0 unspecified atom stereocenters. The van der Waals surface area contributed by atoms with Gasteiger partial charge in [0.05, 0.1) is 28.9 Å². The molecule has 46 heavy (non-hydrogen) atoms. The molecule has 0 aliphatic carbocycles. The Kier molecular flexibility index (Phi) is 12.2. The number of halogens is 4. The van der Waals surface area contributed by atoms with Gasteiger partial charge < -0.3 is 18.6 Å². The third-order valence-corrected chi connectivity index (χ3v) is 8.58. The predicted octanol–water partition coefficient (Wildman–Crippen LogP) is 10.1. The molecule has 0 fully saturated rings. The van der Waals surface area contributed by atoms with Crippen LogP contribution in [0.3, 0.4) is 0 Å². The number of carbonyl (C=O) groups is 2. The van der Waals surface area contributed by atoms with E-state index in [1.807, 2.05) is 43.0 Å². The third kappa shape index (κ3) is 8.18. The van der Waals surface area contributed by atoms with Gasteiger partial charge >= 0.3 is 11.9 Å². The Bertz CT molecular complexity index is 1680. The van der Waals surface area contributed by atoms with Gasteiger partial charge in [0, 0.05) is 39.9 Å². The maximum absolute atomic E-state index is 13.3. The molecule has 0 aliphatic rings. The van der Waals surface area contributed by atoms with Gasteiger partial charge in [0.2, 0.25) is 0 Å². The van der Waals surface area contributed by atoms with Crippen molar-refractivity contribution in [3.8, 4) is 11.4 Å². The zero-order valence-corrected chi connectivity index (χ0v) is 31.0. The summed E-state index contributed by atoms with van der Waals surface area (Å²) in [5, 5.41) is 0.465. The van der Waals surface area contributed by atoms with Crippen molar-refractivity contribution in [2.75, 3.05) is 13.2 Å². The molecule has 2 aromatic heterocycles. The lowest BCUT2D eigenvalue weighted by Crippen LogP contribution is -2.18. The Morgan fingerprint density at radius 3 is 1.63 bits per heavy atom. The van der Waals surface area contributed by atoms with Crippen LogP contribution in [-0.2, 0) is 25.6 Å². The highest BCUT2D eigenvalue weighted by molar-refractivity contribution is 9.10. The molecular formula is C36H42Br2F2N2O4. The highest BCUT2D eigenvalue weighted by Crippen LogP contribution is 2.40. The second-order valence-electron chi connectivity index (χ2n) is 12.7. The number of esters is 2. The van der Waals surface area contributed by atoms with Crippen molar-refractivity contribution < 1.29 is 27.8 Å². The van der Waals surface area contributed by atoms with Crippen molar-refractivity contribution in [1.82, 2.24) is 9.13 Å². The van der Waals surface area contributed by atoms with E-state index < -0.39 is 0 Å². The number of benzene rings is 2. The molecule has 4 aromatic rings. The molecule has 0 saturated carbocycles. The van der Waals surface area contributed by atoms with Gasteiger partial charge in [0.25, 0.3) is 0 Å². The van der Waals surface area contributed by atoms with Crippen molar-refractivity contribution in [3.05, 3.63) is 105 Å². The Morgan fingerprint density at radius 2 is 1.22 bits per heavy atom. The standard InChI is InChI=1S/C18H20Br2FNO2.C18H22FNO2/c1-5-24-17(23)14-13(10-19)22(12-8-6-11(21)7-9-12)16(20)15(14)18(2,3)4;1-6-22-17(21)16-12(2)20(11-15(16)18(3,4)5)14-9-7-13(19)8-10-14/h6-9H,5,10H2,1-4H3;7-11H,6H2,1-5H3. The summed E-state index contributed by atoms with van der Waals surface area (Å²) in [5.74, 6) is -1.25. The molecule has 0 N–H and O–H groups in total. The van der Waals surface area contributed by atoms with Gasteiger partial charge in [-0.25, -0.2) is 18.4 Å². The van der Waals surface area contributed by atoms with Crippen LogP contribution < -0.4 is 0 Å². The number of rotatable bonds is 7. The molecule has 0 saturated heterocycles. The fraction of sp³-hybridized carbons (Fsp3) is 0.389. The van der Waals surface area contributed by atoms with Crippen molar-refractivity contribution in [2.45, 2.75) is 78.5 Å². The average molecular weight is 765 g/mol. The first-order valence-electron chi connectivity index (χ1n) is 15.1. The van der Waals surface area contributed by atoms with Crippen LogP contribution in [0.25, 0.3) is 11.4 Å². The number of hydrogen-bond donors (Lipinski definition) is 0. The smallest absolute Gasteiger partial charge is 0.340 e. The fourth-order valence-corrected chi connectivity index (χ4v) is 6.93. The monoisotopic (exact) mass is 762 g/mol. The Labute approximate surface area is 287 Å². The second-order valence-corrected chi connectivity index (χ2v) is 14.0. The second kappa shape index (κ2) is 15.1. The van der Waals surface area contributed by atoms with Crippen LogP contribution >= 0.6 is 31.9 Å². The van der Waals surface area contributed by atoms with Crippen LogP contribution in [0.2, 0.25) is 0 Å². The molecule has 2 heterocycles. The number of aromatic nitrogens is 2. The molecule has 0 amide bonds. The lowest BCUT2D eigenvalue weighted by atomic mass is 9.86. The van der Waals surface area contributed by atoms with Gasteiger partial charge in [0.1, 0.15) is 11.6 Å². The van der Waals surface area contributed by atoms with E-state index in [1.165, 1.54) is 24.3 Å². The summed E-state index contributed by atoms with van der Waals surface area (Å²) in [6.07, 6.45) is 1.94. The van der Waals surface area contributed by atoms with E-state index in [0.29, 0.717) is 29.7 Å². The highest BCUT2D eigenvalue weighted by atomic mass is 79.9. The van der Waals surface area contributed by atoms with Crippen LogP contribution in [0.5, 0.6) is 0 Å². The molecule has 4 rings (SSSR count).